The number of oxazole rings is 1. The van der Waals surface area contributed by atoms with E-state index in [0.29, 0.717) is 46.5 Å². The van der Waals surface area contributed by atoms with E-state index >= 15 is 0 Å². The minimum Gasteiger partial charge on any atom is -0.486 e. The van der Waals surface area contributed by atoms with E-state index in [-0.39, 0.29) is 11.6 Å². The molecule has 0 atom stereocenters. The number of nitrogens with zero attached hydrogens (tertiary/aromatic N) is 1. The fourth-order valence-electron chi connectivity index (χ4n) is 2.65. The fourth-order valence-corrected chi connectivity index (χ4v) is 3.07. The van der Waals surface area contributed by atoms with E-state index < -0.39 is 0 Å². The molecule has 1 amide bonds. The lowest BCUT2D eigenvalue weighted by molar-refractivity contribution is 0.102. The van der Waals surface area contributed by atoms with Gasteiger partial charge in [-0.2, -0.15) is 0 Å². The normalized spacial score (nSPS) is 12.7. The van der Waals surface area contributed by atoms with Crippen LogP contribution in [0, 0.1) is 6.92 Å². The van der Waals surface area contributed by atoms with Crippen molar-refractivity contribution in [3.63, 3.8) is 0 Å². The minimum atomic E-state index is -0.356. The van der Waals surface area contributed by atoms with Crippen molar-refractivity contribution >= 4 is 27.5 Å². The first-order valence-corrected chi connectivity index (χ1v) is 8.84. The lowest BCUT2D eigenvalue weighted by Crippen LogP contribution is -2.17. The van der Waals surface area contributed by atoms with Crippen molar-refractivity contribution in [2.24, 2.45) is 0 Å². The zero-order valence-electron chi connectivity index (χ0n) is 13.9. The summed E-state index contributed by atoms with van der Waals surface area (Å²) in [6.45, 7) is 2.70. The molecule has 1 aliphatic heterocycles. The van der Waals surface area contributed by atoms with Gasteiger partial charge in [0.2, 0.25) is 5.89 Å². The average molecular weight is 415 g/mol. The second-order valence-electron chi connectivity index (χ2n) is 5.72. The van der Waals surface area contributed by atoms with E-state index in [1.807, 2.05) is 30.3 Å². The summed E-state index contributed by atoms with van der Waals surface area (Å²) in [4.78, 5) is 17.0. The third kappa shape index (κ3) is 3.17. The number of ether oxygens (including phenoxy) is 2. The van der Waals surface area contributed by atoms with Crippen LogP contribution in [-0.2, 0) is 0 Å². The van der Waals surface area contributed by atoms with Gasteiger partial charge in [-0.1, -0.05) is 18.2 Å². The van der Waals surface area contributed by atoms with Crippen LogP contribution in [0.4, 0.5) is 5.69 Å². The molecule has 2 aromatic carbocycles. The standard InChI is InChI=1S/C19H15BrN2O4/c1-11-17(22-19(26-11)12-5-3-2-4-6-12)18(23)21-14-10-16-15(9-13(14)20)24-7-8-25-16/h2-6,9-10H,7-8H2,1H3,(H,21,23). The molecule has 1 aromatic heterocycles. The van der Waals surface area contributed by atoms with Gasteiger partial charge in [-0.25, -0.2) is 4.98 Å². The molecule has 4 rings (SSSR count). The second-order valence-corrected chi connectivity index (χ2v) is 6.57. The molecule has 3 aromatic rings. The van der Waals surface area contributed by atoms with E-state index in [9.17, 15) is 4.79 Å². The van der Waals surface area contributed by atoms with E-state index in [0.717, 1.165) is 5.56 Å². The molecule has 26 heavy (non-hydrogen) atoms. The van der Waals surface area contributed by atoms with Crippen molar-refractivity contribution in [3.8, 4) is 23.0 Å². The summed E-state index contributed by atoms with van der Waals surface area (Å²) in [5.74, 6) is 1.75. The van der Waals surface area contributed by atoms with Crippen LogP contribution in [0.1, 0.15) is 16.2 Å². The predicted molar refractivity (Wildman–Crippen MR) is 99.8 cm³/mol. The summed E-state index contributed by atoms with van der Waals surface area (Å²) >= 11 is 3.44. The van der Waals surface area contributed by atoms with E-state index in [4.69, 9.17) is 13.9 Å². The number of fused-ring (bicyclic) bond motifs is 1. The highest BCUT2D eigenvalue weighted by atomic mass is 79.9. The molecule has 0 radical (unpaired) electrons. The van der Waals surface area contributed by atoms with Crippen LogP contribution in [0.3, 0.4) is 0 Å². The monoisotopic (exact) mass is 414 g/mol. The summed E-state index contributed by atoms with van der Waals surface area (Å²) in [5.41, 5.74) is 1.63. The quantitative estimate of drug-likeness (QED) is 0.685. The number of halogens is 1. The van der Waals surface area contributed by atoms with E-state index in [1.165, 1.54) is 0 Å². The maximum absolute atomic E-state index is 12.7. The van der Waals surface area contributed by atoms with Gasteiger partial charge in [0.1, 0.15) is 19.0 Å². The van der Waals surface area contributed by atoms with Gasteiger partial charge in [0, 0.05) is 22.2 Å². The number of carbonyl (C=O) groups is 1. The average Bonchev–Trinajstić information content (AvgIpc) is 3.05. The number of benzene rings is 2. The number of rotatable bonds is 3. The van der Waals surface area contributed by atoms with Crippen LogP contribution in [0.2, 0.25) is 0 Å². The first-order valence-electron chi connectivity index (χ1n) is 8.05. The summed E-state index contributed by atoms with van der Waals surface area (Å²) in [7, 11) is 0. The second kappa shape index (κ2) is 6.84. The third-order valence-corrected chi connectivity index (χ3v) is 4.57. The van der Waals surface area contributed by atoms with Crippen molar-refractivity contribution in [2.75, 3.05) is 18.5 Å². The zero-order chi connectivity index (χ0) is 18.1. The highest BCUT2D eigenvalue weighted by molar-refractivity contribution is 9.10. The Morgan fingerprint density at radius 3 is 2.54 bits per heavy atom. The Kier molecular flexibility index (Phi) is 4.38. The van der Waals surface area contributed by atoms with Crippen molar-refractivity contribution in [1.82, 2.24) is 4.98 Å². The number of hydrogen-bond acceptors (Lipinski definition) is 5. The SMILES string of the molecule is Cc1oc(-c2ccccc2)nc1C(=O)Nc1cc2c(cc1Br)OCCO2. The number of nitrogens with one attached hydrogen (secondary N) is 1. The molecule has 0 aliphatic carbocycles. The van der Waals surface area contributed by atoms with Crippen molar-refractivity contribution < 1.29 is 18.7 Å². The molecule has 0 bridgehead atoms. The van der Waals surface area contributed by atoms with Crippen LogP contribution < -0.4 is 14.8 Å². The molecule has 7 heteroatoms. The molecule has 0 saturated heterocycles. The zero-order valence-corrected chi connectivity index (χ0v) is 15.5. The number of aromatic nitrogens is 1. The van der Waals surface area contributed by atoms with Gasteiger partial charge in [0.15, 0.2) is 17.2 Å². The van der Waals surface area contributed by atoms with Gasteiger partial charge in [-0.05, 0) is 35.0 Å². The number of hydrogen-bond donors (Lipinski definition) is 1. The van der Waals surface area contributed by atoms with Crippen LogP contribution in [0.5, 0.6) is 11.5 Å². The van der Waals surface area contributed by atoms with Crippen LogP contribution in [-0.4, -0.2) is 24.1 Å². The highest BCUT2D eigenvalue weighted by Crippen LogP contribution is 2.38. The molecular formula is C19H15BrN2O4. The molecule has 132 valence electrons. The minimum absolute atomic E-state index is 0.241. The van der Waals surface area contributed by atoms with Gasteiger partial charge >= 0.3 is 0 Å². The maximum atomic E-state index is 12.7. The molecule has 0 fully saturated rings. The van der Waals surface area contributed by atoms with Gasteiger partial charge in [0.25, 0.3) is 5.91 Å². The molecule has 0 saturated carbocycles. The van der Waals surface area contributed by atoms with Gasteiger partial charge in [0.05, 0.1) is 5.69 Å². The Hall–Kier alpha value is -2.80. The van der Waals surface area contributed by atoms with Gasteiger partial charge in [-0.3, -0.25) is 4.79 Å². The predicted octanol–water partition coefficient (Wildman–Crippen LogP) is 4.44. The molecule has 0 unspecified atom stereocenters. The largest absolute Gasteiger partial charge is 0.486 e. The number of carbonyl (C=O) groups excluding carboxylic acids is 1. The molecular weight excluding hydrogens is 400 g/mol. The Morgan fingerprint density at radius 1 is 1.12 bits per heavy atom. The molecule has 0 spiro atoms. The summed E-state index contributed by atoms with van der Waals surface area (Å²) in [6.07, 6.45) is 0. The summed E-state index contributed by atoms with van der Waals surface area (Å²) in [5, 5.41) is 2.84. The lowest BCUT2D eigenvalue weighted by atomic mass is 10.2. The topological polar surface area (TPSA) is 73.6 Å². The van der Waals surface area contributed by atoms with E-state index in [2.05, 4.69) is 26.2 Å². The van der Waals surface area contributed by atoms with Crippen LogP contribution in [0.15, 0.2) is 51.4 Å². The smallest absolute Gasteiger partial charge is 0.277 e. The van der Waals surface area contributed by atoms with Gasteiger partial charge < -0.3 is 19.2 Å². The van der Waals surface area contributed by atoms with E-state index in [1.54, 1.807) is 19.1 Å². The number of amides is 1. The highest BCUT2D eigenvalue weighted by Gasteiger charge is 2.21. The summed E-state index contributed by atoms with van der Waals surface area (Å²) in [6, 6.07) is 12.9. The Morgan fingerprint density at radius 2 is 1.81 bits per heavy atom. The lowest BCUT2D eigenvalue weighted by Gasteiger charge is -2.20. The Bertz CT molecular complexity index is 969. The number of aryl methyl sites for hydroxylation is 1. The molecule has 1 aliphatic rings. The van der Waals surface area contributed by atoms with Crippen molar-refractivity contribution in [1.29, 1.82) is 0 Å². The summed E-state index contributed by atoms with van der Waals surface area (Å²) < 4.78 is 17.4. The fraction of sp³-hybridized carbons (Fsp3) is 0.158. The molecule has 2 heterocycles. The maximum Gasteiger partial charge on any atom is 0.277 e. The first kappa shape index (κ1) is 16.7. The van der Waals surface area contributed by atoms with Crippen molar-refractivity contribution in [3.05, 3.63) is 58.4 Å². The third-order valence-electron chi connectivity index (χ3n) is 3.91. The molecule has 6 nitrogen and oxygen atoms in total. The Balaban J connectivity index is 1.60. The Labute approximate surface area is 158 Å². The first-order chi connectivity index (χ1) is 12.6. The molecule has 1 N–H and O–H groups in total. The van der Waals surface area contributed by atoms with Crippen LogP contribution in [0.25, 0.3) is 11.5 Å². The van der Waals surface area contributed by atoms with Gasteiger partial charge in [-0.15, -0.1) is 0 Å². The van der Waals surface area contributed by atoms with Crippen molar-refractivity contribution in [2.45, 2.75) is 6.92 Å². The van der Waals surface area contributed by atoms with Crippen LogP contribution >= 0.6 is 15.9 Å². The number of anilines is 1.